The van der Waals surface area contributed by atoms with Crippen molar-refractivity contribution in [1.29, 1.82) is 0 Å². The third kappa shape index (κ3) is 6.25. The van der Waals surface area contributed by atoms with Crippen molar-refractivity contribution in [2.75, 3.05) is 27.2 Å². The second-order valence-corrected chi connectivity index (χ2v) is 10.3. The molecule has 1 aliphatic heterocycles. The zero-order valence-corrected chi connectivity index (χ0v) is 22.1. The van der Waals surface area contributed by atoms with Gasteiger partial charge < -0.3 is 14.5 Å². The second-order valence-electron chi connectivity index (χ2n) is 9.07. The van der Waals surface area contributed by atoms with Gasteiger partial charge in [0.25, 0.3) is 5.91 Å². The van der Waals surface area contributed by atoms with E-state index in [1.54, 1.807) is 30.6 Å². The number of benzene rings is 1. The molecule has 1 aromatic carbocycles. The molecular weight excluding hydrogens is 507 g/mol. The molecule has 0 unspecified atom stereocenters. The number of likely N-dealkylation sites (tertiary alicyclic amines) is 1. The lowest BCUT2D eigenvalue weighted by Gasteiger charge is -2.25. The van der Waals surface area contributed by atoms with Crippen molar-refractivity contribution < 1.29 is 9.53 Å². The van der Waals surface area contributed by atoms with Crippen LogP contribution in [-0.4, -0.2) is 59.0 Å². The van der Waals surface area contributed by atoms with Gasteiger partial charge in [-0.25, -0.2) is 4.98 Å². The molecule has 9 heteroatoms. The van der Waals surface area contributed by atoms with Gasteiger partial charge in [0, 0.05) is 49.9 Å². The molecule has 0 aliphatic carbocycles. The Morgan fingerprint density at radius 2 is 1.86 bits per heavy atom. The Morgan fingerprint density at radius 1 is 1.06 bits per heavy atom. The quantitative estimate of drug-likeness (QED) is 0.383. The molecule has 35 heavy (non-hydrogen) atoms. The Balaban J connectivity index is 1.57. The molecule has 1 saturated heterocycles. The van der Waals surface area contributed by atoms with Gasteiger partial charge in [-0.15, -0.1) is 0 Å². The molecule has 2 aromatic heterocycles. The van der Waals surface area contributed by atoms with Crippen LogP contribution in [0.3, 0.4) is 0 Å². The van der Waals surface area contributed by atoms with Crippen LogP contribution in [0.2, 0.25) is 15.1 Å². The first kappa shape index (κ1) is 25.7. The number of carbonyl (C=O) groups excluding carboxylic acids is 1. The van der Waals surface area contributed by atoms with Crippen LogP contribution in [0.5, 0.6) is 5.88 Å². The van der Waals surface area contributed by atoms with E-state index in [1.807, 2.05) is 55.1 Å². The Hall–Kier alpha value is -2.38. The Kier molecular flexibility index (Phi) is 8.17. The topological polar surface area (TPSA) is 58.6 Å². The van der Waals surface area contributed by atoms with Crippen LogP contribution in [0, 0.1) is 5.92 Å². The summed E-state index contributed by atoms with van der Waals surface area (Å²) in [5.41, 5.74) is 2.49. The fourth-order valence-electron chi connectivity index (χ4n) is 4.43. The van der Waals surface area contributed by atoms with Crippen LogP contribution in [0.1, 0.15) is 34.5 Å². The smallest absolute Gasteiger partial charge is 0.255 e. The summed E-state index contributed by atoms with van der Waals surface area (Å²) in [5, 5.41) is 1.53. The number of ether oxygens (including phenoxy) is 1. The van der Waals surface area contributed by atoms with E-state index in [0.29, 0.717) is 46.1 Å². The standard InChI is InChI=1S/C26H27Cl3N4O2/c1-16(35-25-9-6-19(27)12-31-25)21-14-33(15-22(21)17-5-8-23(28)24(29)10-17)26(34)18-4-7-20(30-11-18)13-32(2)3/h4-12,16,21-22H,13-15H2,1-3H3/t16-,21-,22+/m0/s1. The molecule has 1 fully saturated rings. The van der Waals surface area contributed by atoms with Crippen LogP contribution in [-0.2, 0) is 6.54 Å². The molecule has 3 heterocycles. The maximum atomic E-state index is 13.4. The average molecular weight is 534 g/mol. The number of nitrogens with zero attached hydrogens (tertiary/aromatic N) is 4. The average Bonchev–Trinajstić information content (AvgIpc) is 3.28. The number of halogens is 3. The molecule has 3 aromatic rings. The first-order valence-electron chi connectivity index (χ1n) is 11.3. The summed E-state index contributed by atoms with van der Waals surface area (Å²) >= 11 is 18.5. The van der Waals surface area contributed by atoms with E-state index in [0.717, 1.165) is 11.3 Å². The number of carbonyl (C=O) groups is 1. The van der Waals surface area contributed by atoms with Gasteiger partial charge >= 0.3 is 0 Å². The molecule has 0 spiro atoms. The predicted molar refractivity (Wildman–Crippen MR) is 140 cm³/mol. The molecule has 1 aliphatic rings. The van der Waals surface area contributed by atoms with Gasteiger partial charge in [-0.3, -0.25) is 9.78 Å². The molecule has 4 rings (SSSR count). The largest absolute Gasteiger partial charge is 0.474 e. The van der Waals surface area contributed by atoms with E-state index < -0.39 is 0 Å². The SMILES string of the molecule is C[C@H](Oc1ccc(Cl)cn1)[C@@H]1CN(C(=O)c2ccc(CN(C)C)nc2)C[C@@H]1c1ccc(Cl)c(Cl)c1. The molecule has 0 radical (unpaired) electrons. The van der Waals surface area contributed by atoms with Crippen LogP contribution >= 0.6 is 34.8 Å². The van der Waals surface area contributed by atoms with Gasteiger partial charge in [-0.1, -0.05) is 40.9 Å². The highest BCUT2D eigenvalue weighted by Crippen LogP contribution is 2.38. The number of aromatic nitrogens is 2. The van der Waals surface area contributed by atoms with Gasteiger partial charge in [0.1, 0.15) is 6.10 Å². The minimum atomic E-state index is -0.221. The third-order valence-corrected chi connectivity index (χ3v) is 7.15. The van der Waals surface area contributed by atoms with E-state index in [4.69, 9.17) is 39.5 Å². The van der Waals surface area contributed by atoms with E-state index in [2.05, 4.69) is 9.97 Å². The fourth-order valence-corrected chi connectivity index (χ4v) is 4.85. The van der Waals surface area contributed by atoms with Crippen LogP contribution in [0.15, 0.2) is 54.9 Å². The minimum Gasteiger partial charge on any atom is -0.474 e. The van der Waals surface area contributed by atoms with E-state index in [9.17, 15) is 4.79 Å². The van der Waals surface area contributed by atoms with Gasteiger partial charge in [0.2, 0.25) is 5.88 Å². The van der Waals surface area contributed by atoms with Crippen molar-refractivity contribution in [3.63, 3.8) is 0 Å². The highest BCUT2D eigenvalue weighted by molar-refractivity contribution is 6.42. The highest BCUT2D eigenvalue weighted by Gasteiger charge is 2.40. The predicted octanol–water partition coefficient (Wildman–Crippen LogP) is 5.82. The van der Waals surface area contributed by atoms with Gasteiger partial charge in [0.05, 0.1) is 26.3 Å². The molecule has 0 bridgehead atoms. The summed E-state index contributed by atoms with van der Waals surface area (Å²) in [6, 6.07) is 12.9. The molecule has 3 atom stereocenters. The van der Waals surface area contributed by atoms with E-state index in [1.165, 1.54) is 0 Å². The number of amides is 1. The number of hydrogen-bond acceptors (Lipinski definition) is 5. The Labute approximate surface area is 220 Å². The van der Waals surface area contributed by atoms with Gasteiger partial charge in [0.15, 0.2) is 0 Å². The molecule has 6 nitrogen and oxygen atoms in total. The minimum absolute atomic E-state index is 0.00893. The molecular formula is C26H27Cl3N4O2. The summed E-state index contributed by atoms with van der Waals surface area (Å²) < 4.78 is 6.16. The third-order valence-electron chi connectivity index (χ3n) is 6.18. The Morgan fingerprint density at radius 3 is 2.49 bits per heavy atom. The van der Waals surface area contributed by atoms with Crippen molar-refractivity contribution in [2.45, 2.75) is 25.5 Å². The van der Waals surface area contributed by atoms with Crippen molar-refractivity contribution in [3.8, 4) is 5.88 Å². The zero-order valence-electron chi connectivity index (χ0n) is 19.8. The fraction of sp³-hybridized carbons (Fsp3) is 0.346. The van der Waals surface area contributed by atoms with Crippen molar-refractivity contribution in [3.05, 3.63) is 86.7 Å². The van der Waals surface area contributed by atoms with E-state index in [-0.39, 0.29) is 23.8 Å². The number of hydrogen-bond donors (Lipinski definition) is 0. The lowest BCUT2D eigenvalue weighted by atomic mass is 9.86. The lowest BCUT2D eigenvalue weighted by Crippen LogP contribution is -2.32. The summed E-state index contributed by atoms with van der Waals surface area (Å²) in [4.78, 5) is 26.0. The number of rotatable bonds is 7. The molecule has 184 valence electrons. The first-order chi connectivity index (χ1) is 16.7. The van der Waals surface area contributed by atoms with Gasteiger partial charge in [-0.05, 0) is 56.9 Å². The van der Waals surface area contributed by atoms with Crippen LogP contribution < -0.4 is 4.74 Å². The molecule has 1 amide bonds. The van der Waals surface area contributed by atoms with Crippen molar-refractivity contribution in [2.24, 2.45) is 5.92 Å². The first-order valence-corrected chi connectivity index (χ1v) is 12.5. The van der Waals surface area contributed by atoms with Crippen LogP contribution in [0.4, 0.5) is 0 Å². The van der Waals surface area contributed by atoms with Crippen LogP contribution in [0.25, 0.3) is 0 Å². The highest BCUT2D eigenvalue weighted by atomic mass is 35.5. The summed E-state index contributed by atoms with van der Waals surface area (Å²) in [5.74, 6) is 0.449. The summed E-state index contributed by atoms with van der Waals surface area (Å²) in [6.45, 7) is 3.77. The van der Waals surface area contributed by atoms with Gasteiger partial charge in [-0.2, -0.15) is 0 Å². The zero-order chi connectivity index (χ0) is 25.1. The van der Waals surface area contributed by atoms with Crippen molar-refractivity contribution >= 4 is 40.7 Å². The normalized spacial score (nSPS) is 18.7. The maximum absolute atomic E-state index is 13.4. The number of pyridine rings is 2. The monoisotopic (exact) mass is 532 g/mol. The molecule has 0 N–H and O–H groups in total. The molecule has 0 saturated carbocycles. The van der Waals surface area contributed by atoms with E-state index >= 15 is 0 Å². The Bertz CT molecular complexity index is 1170. The van der Waals surface area contributed by atoms with Crippen molar-refractivity contribution in [1.82, 2.24) is 19.8 Å². The summed E-state index contributed by atoms with van der Waals surface area (Å²) in [6.07, 6.45) is 2.99. The lowest BCUT2D eigenvalue weighted by molar-refractivity contribution is 0.0769. The second kappa shape index (κ2) is 11.1. The maximum Gasteiger partial charge on any atom is 0.255 e. The summed E-state index contributed by atoms with van der Waals surface area (Å²) in [7, 11) is 3.97.